The monoisotopic (exact) mass is 179 g/mol. The van der Waals surface area contributed by atoms with Gasteiger partial charge in [0.05, 0.1) is 10.9 Å². The van der Waals surface area contributed by atoms with Crippen LogP contribution in [-0.2, 0) is 0 Å². The van der Waals surface area contributed by atoms with Gasteiger partial charge in [0.2, 0.25) is 0 Å². The van der Waals surface area contributed by atoms with Crippen LogP contribution in [0.5, 0.6) is 5.75 Å². The number of fused-ring (bicyclic) bond motifs is 1. The fourth-order valence-electron chi connectivity index (χ4n) is 1.09. The number of benzene rings is 1. The van der Waals surface area contributed by atoms with Crippen molar-refractivity contribution in [1.82, 2.24) is 4.98 Å². The van der Waals surface area contributed by atoms with Gasteiger partial charge in [0.1, 0.15) is 5.75 Å². The van der Waals surface area contributed by atoms with E-state index in [1.807, 2.05) is 0 Å². The molecule has 0 saturated heterocycles. The maximum Gasteiger partial charge on any atom is 0.419 e. The van der Waals surface area contributed by atoms with Gasteiger partial charge in [0.25, 0.3) is 0 Å². The lowest BCUT2D eigenvalue weighted by atomic mass is 10.2. The number of aromatic nitrogens is 1. The van der Waals surface area contributed by atoms with Crippen molar-refractivity contribution in [2.24, 2.45) is 0 Å². The SMILES string of the molecule is O=c1[nH]c2cc(O)ccc2c(=O)o1. The van der Waals surface area contributed by atoms with Gasteiger partial charge in [-0.15, -0.1) is 0 Å². The molecule has 0 fully saturated rings. The summed E-state index contributed by atoms with van der Waals surface area (Å²) in [5.74, 6) is -0.850. The van der Waals surface area contributed by atoms with Gasteiger partial charge in [0.15, 0.2) is 0 Å². The second kappa shape index (κ2) is 2.48. The second-order valence-electron chi connectivity index (χ2n) is 2.53. The first kappa shape index (κ1) is 7.60. The normalized spacial score (nSPS) is 10.5. The highest BCUT2D eigenvalue weighted by atomic mass is 16.4. The molecule has 0 aliphatic rings. The number of phenols is 1. The maximum absolute atomic E-state index is 11.0. The molecule has 0 spiro atoms. The van der Waals surface area contributed by atoms with E-state index in [1.54, 1.807) is 0 Å². The fraction of sp³-hybridized carbons (Fsp3) is 0. The van der Waals surface area contributed by atoms with E-state index < -0.39 is 11.4 Å². The van der Waals surface area contributed by atoms with Crippen LogP contribution in [0.2, 0.25) is 0 Å². The van der Waals surface area contributed by atoms with Crippen molar-refractivity contribution >= 4 is 10.9 Å². The Morgan fingerprint density at radius 2 is 2.08 bits per heavy atom. The summed E-state index contributed by atoms with van der Waals surface area (Å²) in [7, 11) is 0. The molecular weight excluding hydrogens is 174 g/mol. The van der Waals surface area contributed by atoms with E-state index in [-0.39, 0.29) is 16.7 Å². The van der Waals surface area contributed by atoms with Crippen LogP contribution in [0.3, 0.4) is 0 Å². The summed E-state index contributed by atoms with van der Waals surface area (Å²) in [6.07, 6.45) is 0. The second-order valence-corrected chi connectivity index (χ2v) is 2.53. The molecule has 1 aromatic heterocycles. The zero-order chi connectivity index (χ0) is 9.42. The first-order valence-electron chi connectivity index (χ1n) is 3.53. The Kier molecular flexibility index (Phi) is 1.45. The van der Waals surface area contributed by atoms with Crippen LogP contribution in [0.1, 0.15) is 0 Å². The first-order chi connectivity index (χ1) is 6.16. The summed E-state index contributed by atoms with van der Waals surface area (Å²) in [4.78, 5) is 24.0. The van der Waals surface area contributed by atoms with Gasteiger partial charge in [-0.2, -0.15) is 0 Å². The molecule has 0 radical (unpaired) electrons. The Morgan fingerprint density at radius 3 is 2.85 bits per heavy atom. The minimum absolute atomic E-state index is 0.0197. The molecule has 0 unspecified atom stereocenters. The summed E-state index contributed by atoms with van der Waals surface area (Å²) in [5, 5.41) is 9.29. The maximum atomic E-state index is 11.0. The summed E-state index contributed by atoms with van der Waals surface area (Å²) in [6.45, 7) is 0. The Balaban J connectivity index is 3.03. The van der Waals surface area contributed by atoms with E-state index in [0.29, 0.717) is 0 Å². The number of phenolic OH excluding ortho intramolecular Hbond substituents is 1. The Hall–Kier alpha value is -2.04. The molecular formula is C8H5NO4. The molecule has 1 heterocycles. The number of H-pyrrole nitrogens is 1. The van der Waals surface area contributed by atoms with Gasteiger partial charge in [0, 0.05) is 6.07 Å². The van der Waals surface area contributed by atoms with E-state index in [1.165, 1.54) is 18.2 Å². The van der Waals surface area contributed by atoms with E-state index in [4.69, 9.17) is 5.11 Å². The molecule has 13 heavy (non-hydrogen) atoms. The van der Waals surface area contributed by atoms with Crippen LogP contribution < -0.4 is 11.4 Å². The number of nitrogens with one attached hydrogen (secondary N) is 1. The Labute approximate surface area is 71.3 Å². The summed E-state index contributed by atoms with van der Waals surface area (Å²) in [5.41, 5.74) is -0.444. The first-order valence-corrected chi connectivity index (χ1v) is 3.53. The summed E-state index contributed by atoms with van der Waals surface area (Å²) >= 11 is 0. The number of hydrogen-bond acceptors (Lipinski definition) is 4. The third kappa shape index (κ3) is 1.20. The molecule has 0 aliphatic carbocycles. The minimum atomic E-state index is -0.830. The quantitative estimate of drug-likeness (QED) is 0.604. The van der Waals surface area contributed by atoms with Gasteiger partial charge >= 0.3 is 11.4 Å². The number of hydrogen-bond donors (Lipinski definition) is 2. The van der Waals surface area contributed by atoms with Crippen molar-refractivity contribution in [2.45, 2.75) is 0 Å². The standard InChI is InChI=1S/C8H5NO4/c10-4-1-2-5-6(3-4)9-8(12)13-7(5)11/h1-3,10H,(H,9,12). The van der Waals surface area contributed by atoms with Gasteiger partial charge in [-0.1, -0.05) is 0 Å². The van der Waals surface area contributed by atoms with Crippen molar-refractivity contribution in [3.8, 4) is 5.75 Å². The van der Waals surface area contributed by atoms with Crippen molar-refractivity contribution in [2.75, 3.05) is 0 Å². The molecule has 5 nitrogen and oxygen atoms in total. The molecule has 0 saturated carbocycles. The molecule has 2 aromatic rings. The van der Waals surface area contributed by atoms with Crippen LogP contribution in [-0.4, -0.2) is 10.1 Å². The summed E-state index contributed by atoms with van der Waals surface area (Å²) in [6, 6.07) is 4.01. The van der Waals surface area contributed by atoms with Crippen LogP contribution in [0.25, 0.3) is 10.9 Å². The minimum Gasteiger partial charge on any atom is -0.508 e. The average Bonchev–Trinajstić information content (AvgIpc) is 2.02. The third-order valence-electron chi connectivity index (χ3n) is 1.65. The number of aromatic amines is 1. The average molecular weight is 179 g/mol. The number of rotatable bonds is 0. The molecule has 1 aromatic carbocycles. The molecule has 0 bridgehead atoms. The van der Waals surface area contributed by atoms with E-state index in [0.717, 1.165) is 0 Å². The predicted octanol–water partition coefficient (Wildman–Crippen LogP) is 0.187. The van der Waals surface area contributed by atoms with Gasteiger partial charge in [-0.25, -0.2) is 9.59 Å². The molecule has 0 amide bonds. The van der Waals surface area contributed by atoms with Crippen molar-refractivity contribution in [3.05, 3.63) is 39.2 Å². The van der Waals surface area contributed by atoms with Crippen molar-refractivity contribution < 1.29 is 9.52 Å². The van der Waals surface area contributed by atoms with E-state index >= 15 is 0 Å². The van der Waals surface area contributed by atoms with Crippen LogP contribution in [0, 0.1) is 0 Å². The lowest BCUT2D eigenvalue weighted by Crippen LogP contribution is -2.14. The fourth-order valence-corrected chi connectivity index (χ4v) is 1.09. The zero-order valence-electron chi connectivity index (χ0n) is 6.40. The Bertz CT molecular complexity index is 566. The van der Waals surface area contributed by atoms with Crippen LogP contribution in [0.4, 0.5) is 0 Å². The number of aromatic hydroxyl groups is 1. The van der Waals surface area contributed by atoms with Crippen molar-refractivity contribution in [3.63, 3.8) is 0 Å². The smallest absolute Gasteiger partial charge is 0.419 e. The zero-order valence-corrected chi connectivity index (χ0v) is 6.40. The molecule has 66 valence electrons. The predicted molar refractivity (Wildman–Crippen MR) is 44.8 cm³/mol. The largest absolute Gasteiger partial charge is 0.508 e. The third-order valence-corrected chi connectivity index (χ3v) is 1.65. The Morgan fingerprint density at radius 1 is 1.31 bits per heavy atom. The van der Waals surface area contributed by atoms with Crippen molar-refractivity contribution in [1.29, 1.82) is 0 Å². The lowest BCUT2D eigenvalue weighted by molar-refractivity contribution is 0.458. The van der Waals surface area contributed by atoms with E-state index in [2.05, 4.69) is 9.40 Å². The van der Waals surface area contributed by atoms with Gasteiger partial charge in [-0.05, 0) is 12.1 Å². The highest BCUT2D eigenvalue weighted by Crippen LogP contribution is 2.13. The molecule has 0 atom stereocenters. The topological polar surface area (TPSA) is 83.3 Å². The van der Waals surface area contributed by atoms with E-state index in [9.17, 15) is 9.59 Å². The lowest BCUT2D eigenvalue weighted by Gasteiger charge is -1.94. The molecule has 5 heteroatoms. The van der Waals surface area contributed by atoms with Gasteiger partial charge < -0.3 is 9.52 Å². The molecule has 0 aliphatic heterocycles. The van der Waals surface area contributed by atoms with Gasteiger partial charge in [-0.3, -0.25) is 4.98 Å². The highest BCUT2D eigenvalue weighted by Gasteiger charge is 2.02. The molecule has 2 N–H and O–H groups in total. The summed E-state index contributed by atoms with van der Waals surface area (Å²) < 4.78 is 4.28. The van der Waals surface area contributed by atoms with Crippen LogP contribution in [0.15, 0.2) is 32.2 Å². The molecule has 2 rings (SSSR count). The highest BCUT2D eigenvalue weighted by molar-refractivity contribution is 5.78. The van der Waals surface area contributed by atoms with Crippen LogP contribution >= 0.6 is 0 Å².